The highest BCUT2D eigenvalue weighted by Gasteiger charge is 2.38. The van der Waals surface area contributed by atoms with E-state index < -0.39 is 23.7 Å². The van der Waals surface area contributed by atoms with Crippen LogP contribution in [0.25, 0.3) is 0 Å². The normalized spacial score (nSPS) is 17.6. The SMILES string of the molecule is COc1cc(C(=O)NC2CCN(C)CC2)ccc1Nc1ncc(C(F)(F)F)c(Oc2cccc3c2C(=O)C(OC)C3)n1. The van der Waals surface area contributed by atoms with E-state index in [9.17, 15) is 22.8 Å². The molecule has 1 aliphatic carbocycles. The van der Waals surface area contributed by atoms with Gasteiger partial charge in [0.25, 0.3) is 5.91 Å². The van der Waals surface area contributed by atoms with Crippen LogP contribution in [0.5, 0.6) is 17.4 Å². The fraction of sp³-hybridized carbons (Fsp3) is 0.379. The minimum Gasteiger partial charge on any atom is -0.495 e. The molecule has 1 saturated heterocycles. The van der Waals surface area contributed by atoms with Crippen LogP contribution in [0.1, 0.15) is 44.7 Å². The summed E-state index contributed by atoms with van der Waals surface area (Å²) in [6.45, 7) is 1.79. The number of ketones is 1. The van der Waals surface area contributed by atoms with Gasteiger partial charge in [-0.3, -0.25) is 9.59 Å². The van der Waals surface area contributed by atoms with Gasteiger partial charge in [-0.2, -0.15) is 18.2 Å². The van der Waals surface area contributed by atoms with Crippen molar-refractivity contribution < 1.29 is 37.0 Å². The number of nitrogens with zero attached hydrogens (tertiary/aromatic N) is 3. The first-order valence-corrected chi connectivity index (χ1v) is 13.3. The van der Waals surface area contributed by atoms with Crippen molar-refractivity contribution in [1.29, 1.82) is 0 Å². The number of aromatic nitrogens is 2. The number of Topliss-reactive ketones (excluding diaryl/α,β-unsaturated/α-hetero) is 1. The number of ether oxygens (including phenoxy) is 3. The molecule has 2 heterocycles. The first kappa shape index (κ1) is 29.3. The van der Waals surface area contributed by atoms with Crippen molar-refractivity contribution in [2.24, 2.45) is 0 Å². The summed E-state index contributed by atoms with van der Waals surface area (Å²) in [6, 6.07) is 9.41. The van der Waals surface area contributed by atoms with Crippen LogP contribution in [0.2, 0.25) is 0 Å². The van der Waals surface area contributed by atoms with Crippen molar-refractivity contribution in [1.82, 2.24) is 20.2 Å². The van der Waals surface area contributed by atoms with Crippen molar-refractivity contribution in [3.8, 4) is 17.4 Å². The molecule has 13 heteroatoms. The van der Waals surface area contributed by atoms with Gasteiger partial charge in [0.05, 0.1) is 18.4 Å². The standard InChI is InChI=1S/C29H30F3N5O5/c1-37-11-9-18(10-12-37)34-26(39)17-7-8-20(22(14-17)40-2)35-28-33-15-19(29(30,31)32)27(36-28)42-21-6-4-5-16-13-23(41-3)25(38)24(16)21/h4-8,14-15,18,23H,9-13H2,1-3H3,(H,34,39)(H,33,35,36). The Labute approximate surface area is 240 Å². The second-order valence-corrected chi connectivity index (χ2v) is 10.2. The summed E-state index contributed by atoms with van der Waals surface area (Å²) in [7, 11) is 4.83. The van der Waals surface area contributed by atoms with E-state index in [-0.39, 0.29) is 47.2 Å². The molecule has 1 aromatic heterocycles. The van der Waals surface area contributed by atoms with Crippen molar-refractivity contribution in [3.05, 3.63) is 64.8 Å². The number of carbonyl (C=O) groups is 2. The number of rotatable bonds is 8. The molecule has 0 bridgehead atoms. The van der Waals surface area contributed by atoms with Crippen LogP contribution in [0.3, 0.4) is 0 Å². The van der Waals surface area contributed by atoms with Crippen LogP contribution >= 0.6 is 0 Å². The zero-order valence-electron chi connectivity index (χ0n) is 23.2. The molecule has 222 valence electrons. The van der Waals surface area contributed by atoms with E-state index in [1.807, 2.05) is 7.05 Å². The molecule has 2 aromatic carbocycles. The maximum atomic E-state index is 13.9. The predicted molar refractivity (Wildman–Crippen MR) is 147 cm³/mol. The third kappa shape index (κ3) is 6.16. The highest BCUT2D eigenvalue weighted by Crippen LogP contribution is 2.40. The molecule has 2 aliphatic rings. The third-order valence-electron chi connectivity index (χ3n) is 7.37. The smallest absolute Gasteiger partial charge is 0.423 e. The van der Waals surface area contributed by atoms with Gasteiger partial charge in [0.15, 0.2) is 5.78 Å². The van der Waals surface area contributed by atoms with E-state index in [0.29, 0.717) is 23.0 Å². The summed E-state index contributed by atoms with van der Waals surface area (Å²) >= 11 is 0. The van der Waals surface area contributed by atoms with Crippen LogP contribution in [-0.4, -0.2) is 73.1 Å². The number of hydrogen-bond acceptors (Lipinski definition) is 9. The number of carbonyl (C=O) groups excluding carboxylic acids is 2. The summed E-state index contributed by atoms with van der Waals surface area (Å²) in [5.41, 5.74) is 0.229. The molecule has 1 unspecified atom stereocenters. The number of likely N-dealkylation sites (tertiary alicyclic amines) is 1. The molecule has 3 aromatic rings. The second kappa shape index (κ2) is 11.9. The molecular weight excluding hydrogens is 555 g/mol. The van der Waals surface area contributed by atoms with E-state index in [4.69, 9.17) is 14.2 Å². The van der Waals surface area contributed by atoms with E-state index in [2.05, 4.69) is 25.5 Å². The van der Waals surface area contributed by atoms with E-state index in [1.165, 1.54) is 26.4 Å². The Morgan fingerprint density at radius 1 is 1.10 bits per heavy atom. The lowest BCUT2D eigenvalue weighted by Crippen LogP contribution is -2.43. The maximum Gasteiger partial charge on any atom is 0.423 e. The summed E-state index contributed by atoms with van der Waals surface area (Å²) < 4.78 is 57.9. The zero-order valence-corrected chi connectivity index (χ0v) is 23.2. The Hall–Kier alpha value is -4.23. The van der Waals surface area contributed by atoms with Gasteiger partial charge in [-0.05, 0) is 62.8 Å². The molecule has 5 rings (SSSR count). The van der Waals surface area contributed by atoms with Crippen LogP contribution < -0.4 is 20.1 Å². The largest absolute Gasteiger partial charge is 0.495 e. The van der Waals surface area contributed by atoms with Gasteiger partial charge < -0.3 is 29.7 Å². The van der Waals surface area contributed by atoms with Gasteiger partial charge in [-0.1, -0.05) is 12.1 Å². The highest BCUT2D eigenvalue weighted by atomic mass is 19.4. The molecule has 10 nitrogen and oxygen atoms in total. The second-order valence-electron chi connectivity index (χ2n) is 10.2. The summed E-state index contributed by atoms with van der Waals surface area (Å²) in [5.74, 6) is -1.44. The number of benzene rings is 2. The molecule has 0 saturated carbocycles. The number of halogens is 3. The van der Waals surface area contributed by atoms with Gasteiger partial charge in [0.1, 0.15) is 23.2 Å². The first-order chi connectivity index (χ1) is 20.1. The Balaban J connectivity index is 1.39. The van der Waals surface area contributed by atoms with Crippen molar-refractivity contribution in [3.63, 3.8) is 0 Å². The Kier molecular flexibility index (Phi) is 8.32. The lowest BCUT2D eigenvalue weighted by Gasteiger charge is -2.29. The molecule has 0 spiro atoms. The van der Waals surface area contributed by atoms with Gasteiger partial charge in [-0.25, -0.2) is 4.98 Å². The summed E-state index contributed by atoms with van der Waals surface area (Å²) in [6.07, 6.45) is -2.98. The van der Waals surface area contributed by atoms with E-state index >= 15 is 0 Å². The molecule has 1 amide bonds. The van der Waals surface area contributed by atoms with E-state index in [1.54, 1.807) is 24.3 Å². The molecule has 2 N–H and O–H groups in total. The van der Waals surface area contributed by atoms with Gasteiger partial charge in [-0.15, -0.1) is 0 Å². The lowest BCUT2D eigenvalue weighted by atomic mass is 10.0. The fourth-order valence-electron chi connectivity index (χ4n) is 5.04. The predicted octanol–water partition coefficient (Wildman–Crippen LogP) is 4.62. The molecule has 1 aliphatic heterocycles. The monoisotopic (exact) mass is 585 g/mol. The van der Waals surface area contributed by atoms with Crippen LogP contribution in [0.15, 0.2) is 42.6 Å². The number of alkyl halides is 3. The molecule has 42 heavy (non-hydrogen) atoms. The molecule has 1 atom stereocenters. The molecule has 0 radical (unpaired) electrons. The molecule has 1 fully saturated rings. The maximum absolute atomic E-state index is 13.9. The Morgan fingerprint density at radius 2 is 1.86 bits per heavy atom. The van der Waals surface area contributed by atoms with Crippen molar-refractivity contribution in [2.75, 3.05) is 39.7 Å². The lowest BCUT2D eigenvalue weighted by molar-refractivity contribution is -0.139. The number of amides is 1. The Bertz CT molecular complexity index is 1490. The number of fused-ring (bicyclic) bond motifs is 1. The minimum atomic E-state index is -4.83. The zero-order chi connectivity index (χ0) is 30.0. The van der Waals surface area contributed by atoms with E-state index in [0.717, 1.165) is 25.9 Å². The van der Waals surface area contributed by atoms with Crippen molar-refractivity contribution in [2.45, 2.75) is 37.6 Å². The number of piperidine rings is 1. The fourth-order valence-corrected chi connectivity index (χ4v) is 5.04. The van der Waals surface area contributed by atoms with Crippen LogP contribution in [0, 0.1) is 0 Å². The topological polar surface area (TPSA) is 115 Å². The first-order valence-electron chi connectivity index (χ1n) is 13.3. The van der Waals surface area contributed by atoms with Crippen LogP contribution in [0.4, 0.5) is 24.8 Å². The minimum absolute atomic E-state index is 0.0650. The number of nitrogens with one attached hydrogen (secondary N) is 2. The van der Waals surface area contributed by atoms with Crippen molar-refractivity contribution >= 4 is 23.3 Å². The van der Waals surface area contributed by atoms with Gasteiger partial charge in [0, 0.05) is 31.3 Å². The number of anilines is 2. The number of hydrogen-bond donors (Lipinski definition) is 2. The number of methoxy groups -OCH3 is 2. The quantitative estimate of drug-likeness (QED) is 0.391. The summed E-state index contributed by atoms with van der Waals surface area (Å²) in [4.78, 5) is 35.6. The third-order valence-corrected chi connectivity index (χ3v) is 7.37. The average Bonchev–Trinajstić information content (AvgIpc) is 3.30. The highest BCUT2D eigenvalue weighted by molar-refractivity contribution is 6.06. The van der Waals surface area contributed by atoms with Gasteiger partial charge in [0.2, 0.25) is 11.8 Å². The van der Waals surface area contributed by atoms with Gasteiger partial charge >= 0.3 is 6.18 Å². The Morgan fingerprint density at radius 3 is 2.55 bits per heavy atom. The summed E-state index contributed by atoms with van der Waals surface area (Å²) in [5, 5.41) is 5.87. The average molecular weight is 586 g/mol. The molecular formula is C29H30F3N5O5. The van der Waals surface area contributed by atoms with Crippen LogP contribution in [-0.2, 0) is 17.3 Å².